The molecule has 0 spiro atoms. The summed E-state index contributed by atoms with van der Waals surface area (Å²) in [5, 5.41) is 11.3. The van der Waals surface area contributed by atoms with Crippen LogP contribution in [-0.2, 0) is 0 Å². The van der Waals surface area contributed by atoms with E-state index in [1.807, 2.05) is 32.2 Å². The zero-order chi connectivity index (χ0) is 18.2. The van der Waals surface area contributed by atoms with Crippen molar-refractivity contribution < 1.29 is 4.79 Å². The zero-order valence-corrected chi connectivity index (χ0v) is 15.2. The zero-order valence-electron chi connectivity index (χ0n) is 15.2. The first kappa shape index (κ1) is 19.7. The number of rotatable bonds is 5. The second-order valence-electron chi connectivity index (χ2n) is 6.45. The third-order valence-corrected chi connectivity index (χ3v) is 3.96. The van der Waals surface area contributed by atoms with Crippen molar-refractivity contribution in [1.29, 1.82) is 5.41 Å². The Hall–Kier alpha value is -2.33. The molecule has 0 bridgehead atoms. The highest BCUT2D eigenvalue weighted by molar-refractivity contribution is 6.00. The van der Waals surface area contributed by atoms with Gasteiger partial charge in [0.05, 0.1) is 0 Å². The van der Waals surface area contributed by atoms with Crippen molar-refractivity contribution in [1.82, 2.24) is 10.3 Å². The molecule has 2 N–H and O–H groups in total. The van der Waals surface area contributed by atoms with Gasteiger partial charge < -0.3 is 10.7 Å². The molecular formula is C20H27N3O. The van der Waals surface area contributed by atoms with E-state index >= 15 is 0 Å². The molecule has 24 heavy (non-hydrogen) atoms. The van der Waals surface area contributed by atoms with Crippen LogP contribution in [0.4, 0.5) is 0 Å². The molecule has 0 fully saturated rings. The Morgan fingerprint density at radius 1 is 1.21 bits per heavy atom. The lowest BCUT2D eigenvalue weighted by Gasteiger charge is -2.24. The highest BCUT2D eigenvalue weighted by atomic mass is 16.1. The molecule has 0 saturated heterocycles. The van der Waals surface area contributed by atoms with Gasteiger partial charge in [-0.15, -0.1) is 0 Å². The van der Waals surface area contributed by atoms with Gasteiger partial charge in [0.2, 0.25) is 0 Å². The summed E-state index contributed by atoms with van der Waals surface area (Å²) in [5.41, 5.74) is 4.56. The van der Waals surface area contributed by atoms with Gasteiger partial charge in [0, 0.05) is 35.6 Å². The number of aromatic nitrogens is 1. The summed E-state index contributed by atoms with van der Waals surface area (Å²) < 4.78 is 0. The van der Waals surface area contributed by atoms with Crippen molar-refractivity contribution in [3.8, 4) is 0 Å². The van der Waals surface area contributed by atoms with E-state index in [0.29, 0.717) is 11.3 Å². The molecule has 128 valence electrons. The molecule has 0 radical (unpaired) electrons. The SMILES string of the molecule is CNC(C)(C)CC(=N)c1ccccc1C.Cc1cnccc1C=O. The van der Waals surface area contributed by atoms with Gasteiger partial charge in [-0.1, -0.05) is 24.3 Å². The minimum atomic E-state index is -0.0145. The second kappa shape index (κ2) is 9.08. The minimum absolute atomic E-state index is 0.0145. The van der Waals surface area contributed by atoms with Crippen LogP contribution in [0, 0.1) is 19.3 Å². The molecule has 4 nitrogen and oxygen atoms in total. The van der Waals surface area contributed by atoms with E-state index in [-0.39, 0.29) is 5.54 Å². The monoisotopic (exact) mass is 325 g/mol. The largest absolute Gasteiger partial charge is 0.314 e. The Morgan fingerprint density at radius 3 is 2.38 bits per heavy atom. The maximum Gasteiger partial charge on any atom is 0.150 e. The van der Waals surface area contributed by atoms with E-state index in [4.69, 9.17) is 5.41 Å². The fourth-order valence-electron chi connectivity index (χ4n) is 2.15. The molecule has 0 aliphatic carbocycles. The number of nitrogens with zero attached hydrogens (tertiary/aromatic N) is 1. The van der Waals surface area contributed by atoms with Gasteiger partial charge >= 0.3 is 0 Å². The second-order valence-corrected chi connectivity index (χ2v) is 6.45. The minimum Gasteiger partial charge on any atom is -0.314 e. The molecule has 0 unspecified atom stereocenters. The third kappa shape index (κ3) is 6.05. The van der Waals surface area contributed by atoms with Gasteiger partial charge in [-0.25, -0.2) is 0 Å². The van der Waals surface area contributed by atoms with Gasteiger partial charge in [-0.05, 0) is 57.5 Å². The van der Waals surface area contributed by atoms with Crippen LogP contribution in [0.3, 0.4) is 0 Å². The molecule has 2 rings (SSSR count). The highest BCUT2D eigenvalue weighted by Crippen LogP contribution is 2.15. The molecule has 0 amide bonds. The summed E-state index contributed by atoms with van der Waals surface area (Å²) in [6.45, 7) is 8.13. The summed E-state index contributed by atoms with van der Waals surface area (Å²) in [5.74, 6) is 0. The molecule has 1 aromatic heterocycles. The summed E-state index contributed by atoms with van der Waals surface area (Å²) in [6, 6.07) is 9.76. The van der Waals surface area contributed by atoms with E-state index in [1.54, 1.807) is 18.5 Å². The van der Waals surface area contributed by atoms with Crippen LogP contribution in [0.25, 0.3) is 0 Å². The van der Waals surface area contributed by atoms with Gasteiger partial charge in [0.15, 0.2) is 0 Å². The fraction of sp³-hybridized carbons (Fsp3) is 0.350. The smallest absolute Gasteiger partial charge is 0.150 e. The Balaban J connectivity index is 0.000000272. The van der Waals surface area contributed by atoms with Gasteiger partial charge in [0.25, 0.3) is 0 Å². The van der Waals surface area contributed by atoms with Gasteiger partial charge in [-0.3, -0.25) is 9.78 Å². The number of hydrogen-bond donors (Lipinski definition) is 2. The van der Waals surface area contributed by atoms with Crippen molar-refractivity contribution in [2.45, 2.75) is 39.7 Å². The Bertz CT molecular complexity index is 693. The van der Waals surface area contributed by atoms with Crippen molar-refractivity contribution in [2.24, 2.45) is 0 Å². The quantitative estimate of drug-likeness (QED) is 0.646. The van der Waals surface area contributed by atoms with E-state index in [2.05, 4.69) is 37.1 Å². The number of carbonyl (C=O) groups is 1. The molecule has 1 aromatic carbocycles. The van der Waals surface area contributed by atoms with Crippen LogP contribution < -0.4 is 5.32 Å². The summed E-state index contributed by atoms with van der Waals surface area (Å²) >= 11 is 0. The predicted molar refractivity (Wildman–Crippen MR) is 100 cm³/mol. The summed E-state index contributed by atoms with van der Waals surface area (Å²) in [7, 11) is 1.94. The van der Waals surface area contributed by atoms with Crippen molar-refractivity contribution >= 4 is 12.0 Å². The fourth-order valence-corrected chi connectivity index (χ4v) is 2.15. The third-order valence-electron chi connectivity index (χ3n) is 3.96. The van der Waals surface area contributed by atoms with E-state index in [9.17, 15) is 4.79 Å². The average Bonchev–Trinajstić information content (AvgIpc) is 2.56. The van der Waals surface area contributed by atoms with Crippen LogP contribution >= 0.6 is 0 Å². The average molecular weight is 325 g/mol. The number of hydrogen-bond acceptors (Lipinski definition) is 4. The number of pyridine rings is 1. The molecule has 0 aliphatic heterocycles. The maximum absolute atomic E-state index is 10.2. The number of nitrogens with one attached hydrogen (secondary N) is 2. The highest BCUT2D eigenvalue weighted by Gasteiger charge is 2.18. The van der Waals surface area contributed by atoms with Gasteiger partial charge in [0.1, 0.15) is 6.29 Å². The lowest BCUT2D eigenvalue weighted by Crippen LogP contribution is -2.38. The summed E-state index contributed by atoms with van der Waals surface area (Å²) in [6.07, 6.45) is 4.85. The normalized spacial score (nSPS) is 10.5. The van der Waals surface area contributed by atoms with E-state index in [0.717, 1.165) is 23.8 Å². The molecule has 0 saturated carbocycles. The van der Waals surface area contributed by atoms with Crippen molar-refractivity contribution in [2.75, 3.05) is 7.05 Å². The molecular weight excluding hydrogens is 298 g/mol. The first-order valence-corrected chi connectivity index (χ1v) is 7.99. The summed E-state index contributed by atoms with van der Waals surface area (Å²) in [4.78, 5) is 14.0. The lowest BCUT2D eigenvalue weighted by atomic mass is 9.92. The Morgan fingerprint density at radius 2 is 1.88 bits per heavy atom. The molecule has 1 heterocycles. The molecule has 4 heteroatoms. The first-order chi connectivity index (χ1) is 11.3. The van der Waals surface area contributed by atoms with Gasteiger partial charge in [-0.2, -0.15) is 0 Å². The van der Waals surface area contributed by atoms with E-state index < -0.39 is 0 Å². The molecule has 2 aromatic rings. The lowest BCUT2D eigenvalue weighted by molar-refractivity contribution is 0.112. The first-order valence-electron chi connectivity index (χ1n) is 7.99. The van der Waals surface area contributed by atoms with Crippen molar-refractivity contribution in [3.05, 3.63) is 65.0 Å². The number of benzene rings is 1. The van der Waals surface area contributed by atoms with Crippen LogP contribution in [0.1, 0.15) is 47.3 Å². The predicted octanol–water partition coefficient (Wildman–Crippen LogP) is 3.95. The standard InChI is InChI=1S/C13H20N2.C7H7NO/c1-10-7-5-6-8-11(10)12(14)9-13(2,3)15-4;1-6-4-8-3-2-7(6)5-9/h5-8,14-15H,9H2,1-4H3;2-5H,1H3. The van der Waals surface area contributed by atoms with Crippen molar-refractivity contribution in [3.63, 3.8) is 0 Å². The number of carbonyl (C=O) groups excluding carboxylic acids is 1. The van der Waals surface area contributed by atoms with Crippen LogP contribution in [0.2, 0.25) is 0 Å². The molecule has 0 aliphatic rings. The topological polar surface area (TPSA) is 65.8 Å². The van der Waals surface area contributed by atoms with Crippen LogP contribution in [-0.4, -0.2) is 29.6 Å². The molecule has 0 atom stereocenters. The Labute approximate surface area is 144 Å². The van der Waals surface area contributed by atoms with Crippen LogP contribution in [0.5, 0.6) is 0 Å². The maximum atomic E-state index is 10.2. The van der Waals surface area contributed by atoms with Crippen LogP contribution in [0.15, 0.2) is 42.7 Å². The number of aryl methyl sites for hydroxylation is 2. The number of aldehydes is 1. The Kier molecular flexibility index (Phi) is 7.46. The van der Waals surface area contributed by atoms with E-state index in [1.165, 1.54) is 5.56 Å².